The molecule has 0 aromatic rings. The maximum Gasteiger partial charge on any atom is 0.0813 e. The largest absolute Gasteiger partial charge is 0.382 e. The molecule has 0 spiro atoms. The Morgan fingerprint density at radius 2 is 2.05 bits per heavy atom. The lowest BCUT2D eigenvalue weighted by Crippen LogP contribution is -2.52. The summed E-state index contributed by atoms with van der Waals surface area (Å²) in [6.07, 6.45) is 5.09. The van der Waals surface area contributed by atoms with E-state index in [4.69, 9.17) is 9.47 Å². The molecule has 1 aliphatic carbocycles. The summed E-state index contributed by atoms with van der Waals surface area (Å²) in [4.78, 5) is 0. The Labute approximate surface area is 119 Å². The first-order chi connectivity index (χ1) is 8.76. The Kier molecular flexibility index (Phi) is 6.28. The molecule has 3 atom stereocenters. The second-order valence-corrected chi connectivity index (χ2v) is 7.37. The van der Waals surface area contributed by atoms with E-state index in [1.54, 1.807) is 7.11 Å². The van der Waals surface area contributed by atoms with E-state index in [-0.39, 0.29) is 17.2 Å². The van der Waals surface area contributed by atoms with Gasteiger partial charge in [0.1, 0.15) is 0 Å². The fourth-order valence-corrected chi connectivity index (χ4v) is 3.04. The van der Waals surface area contributed by atoms with Crippen LogP contribution in [-0.4, -0.2) is 37.5 Å². The highest BCUT2D eigenvalue weighted by Crippen LogP contribution is 2.36. The predicted molar refractivity (Wildman–Crippen MR) is 80.5 cm³/mol. The number of methoxy groups -OCH3 is 1. The van der Waals surface area contributed by atoms with Crippen LogP contribution in [0.4, 0.5) is 0 Å². The first-order valence-electron chi connectivity index (χ1n) is 7.68. The molecule has 0 aromatic carbocycles. The first kappa shape index (κ1) is 16.9. The van der Waals surface area contributed by atoms with Crippen LogP contribution in [0.2, 0.25) is 0 Å². The van der Waals surface area contributed by atoms with Crippen molar-refractivity contribution in [1.29, 1.82) is 0 Å². The molecule has 3 nitrogen and oxygen atoms in total. The van der Waals surface area contributed by atoms with E-state index in [2.05, 4.69) is 39.9 Å². The van der Waals surface area contributed by atoms with Gasteiger partial charge in [-0.3, -0.25) is 0 Å². The number of nitrogens with one attached hydrogen (secondary N) is 1. The van der Waals surface area contributed by atoms with Gasteiger partial charge in [0.2, 0.25) is 0 Å². The summed E-state index contributed by atoms with van der Waals surface area (Å²) >= 11 is 0. The molecule has 0 radical (unpaired) electrons. The molecule has 1 rings (SSSR count). The van der Waals surface area contributed by atoms with Gasteiger partial charge in [0, 0.05) is 19.2 Å². The summed E-state index contributed by atoms with van der Waals surface area (Å²) in [7, 11) is 1.74. The quantitative estimate of drug-likeness (QED) is 0.803. The van der Waals surface area contributed by atoms with Crippen LogP contribution in [0.15, 0.2) is 0 Å². The molecule has 3 heteroatoms. The van der Waals surface area contributed by atoms with E-state index >= 15 is 0 Å². The topological polar surface area (TPSA) is 30.5 Å². The lowest BCUT2D eigenvalue weighted by Gasteiger charge is -2.43. The zero-order valence-electron chi connectivity index (χ0n) is 13.7. The van der Waals surface area contributed by atoms with Gasteiger partial charge >= 0.3 is 0 Å². The molecule has 3 unspecified atom stereocenters. The number of ether oxygens (including phenoxy) is 2. The lowest BCUT2D eigenvalue weighted by atomic mass is 9.78. The van der Waals surface area contributed by atoms with Crippen LogP contribution in [0, 0.1) is 5.92 Å². The van der Waals surface area contributed by atoms with E-state index in [0.29, 0.717) is 6.61 Å². The minimum Gasteiger partial charge on any atom is -0.382 e. The summed E-state index contributed by atoms with van der Waals surface area (Å²) in [5, 5.41) is 3.63. The normalized spacial score (nSPS) is 30.3. The third kappa shape index (κ3) is 6.24. The second kappa shape index (κ2) is 7.05. The van der Waals surface area contributed by atoms with Crippen molar-refractivity contribution in [2.24, 2.45) is 5.92 Å². The van der Waals surface area contributed by atoms with Gasteiger partial charge in [-0.1, -0.05) is 19.8 Å². The number of hydrogen-bond donors (Lipinski definition) is 1. The molecule has 1 aliphatic rings. The van der Waals surface area contributed by atoms with Crippen LogP contribution in [-0.2, 0) is 9.47 Å². The summed E-state index contributed by atoms with van der Waals surface area (Å²) in [6.45, 7) is 12.7. The fourth-order valence-electron chi connectivity index (χ4n) is 3.04. The Hall–Kier alpha value is -0.120. The van der Waals surface area contributed by atoms with Crippen molar-refractivity contribution in [3.8, 4) is 0 Å². The zero-order chi connectivity index (χ0) is 14.5. The summed E-state index contributed by atoms with van der Waals surface area (Å²) < 4.78 is 11.6. The molecule has 0 bridgehead atoms. The van der Waals surface area contributed by atoms with E-state index in [1.165, 1.54) is 12.8 Å². The Bertz CT molecular complexity index is 262. The summed E-state index contributed by atoms with van der Waals surface area (Å²) in [5.41, 5.74) is 0.129. The van der Waals surface area contributed by atoms with Crippen molar-refractivity contribution >= 4 is 0 Å². The van der Waals surface area contributed by atoms with Crippen molar-refractivity contribution in [2.45, 2.75) is 77.5 Å². The molecule has 0 aliphatic heterocycles. The second-order valence-electron chi connectivity index (χ2n) is 7.37. The van der Waals surface area contributed by atoms with Crippen LogP contribution in [0.5, 0.6) is 0 Å². The molecule has 0 aromatic heterocycles. The van der Waals surface area contributed by atoms with Crippen molar-refractivity contribution in [1.82, 2.24) is 5.32 Å². The maximum atomic E-state index is 6.40. The van der Waals surface area contributed by atoms with Crippen LogP contribution >= 0.6 is 0 Å². The van der Waals surface area contributed by atoms with Gasteiger partial charge in [0.15, 0.2) is 0 Å². The molecular formula is C16H33NO2. The molecule has 0 amide bonds. The summed E-state index contributed by atoms with van der Waals surface area (Å²) in [5.74, 6) is 0.755. The van der Waals surface area contributed by atoms with E-state index in [0.717, 1.165) is 25.3 Å². The van der Waals surface area contributed by atoms with Gasteiger partial charge in [0.05, 0.1) is 18.3 Å². The molecule has 1 saturated carbocycles. The van der Waals surface area contributed by atoms with Crippen LogP contribution in [0.25, 0.3) is 0 Å². The van der Waals surface area contributed by atoms with Gasteiger partial charge in [-0.25, -0.2) is 0 Å². The molecule has 114 valence electrons. The molecular weight excluding hydrogens is 238 g/mol. The number of hydrogen-bond acceptors (Lipinski definition) is 3. The zero-order valence-corrected chi connectivity index (χ0v) is 13.7. The summed E-state index contributed by atoms with van der Waals surface area (Å²) in [6, 6.07) is 0. The third-order valence-corrected chi connectivity index (χ3v) is 3.84. The standard InChI is InChI=1S/C16H33NO2/c1-13-8-7-9-16(10-13,12-17-15(3,4)5)19-14(2)11-18-6/h13-14,17H,7-12H2,1-6H3. The van der Waals surface area contributed by atoms with E-state index < -0.39 is 0 Å². The maximum absolute atomic E-state index is 6.40. The highest BCUT2D eigenvalue weighted by molar-refractivity contribution is 4.91. The third-order valence-electron chi connectivity index (χ3n) is 3.84. The van der Waals surface area contributed by atoms with Crippen molar-refractivity contribution in [2.75, 3.05) is 20.3 Å². The first-order valence-corrected chi connectivity index (χ1v) is 7.68. The van der Waals surface area contributed by atoms with Gasteiger partial charge < -0.3 is 14.8 Å². The smallest absolute Gasteiger partial charge is 0.0813 e. The SMILES string of the molecule is COCC(C)OC1(CNC(C)(C)C)CCCC(C)C1. The number of rotatable bonds is 6. The highest BCUT2D eigenvalue weighted by atomic mass is 16.5. The van der Waals surface area contributed by atoms with E-state index in [9.17, 15) is 0 Å². The molecule has 0 saturated heterocycles. The molecule has 1 fully saturated rings. The van der Waals surface area contributed by atoms with Crippen LogP contribution < -0.4 is 5.32 Å². The van der Waals surface area contributed by atoms with Crippen molar-refractivity contribution in [3.05, 3.63) is 0 Å². The van der Waals surface area contributed by atoms with Gasteiger partial charge in [-0.2, -0.15) is 0 Å². The average Bonchev–Trinajstić information content (AvgIpc) is 2.26. The monoisotopic (exact) mass is 271 g/mol. The minimum atomic E-state index is -0.0110. The Morgan fingerprint density at radius 3 is 2.58 bits per heavy atom. The van der Waals surface area contributed by atoms with Crippen molar-refractivity contribution in [3.63, 3.8) is 0 Å². The van der Waals surface area contributed by atoms with Gasteiger partial charge in [0.25, 0.3) is 0 Å². The Balaban J connectivity index is 2.66. The van der Waals surface area contributed by atoms with Gasteiger partial charge in [-0.05, 0) is 46.5 Å². The predicted octanol–water partition coefficient (Wildman–Crippen LogP) is 3.37. The fraction of sp³-hybridized carbons (Fsp3) is 1.00. The van der Waals surface area contributed by atoms with Gasteiger partial charge in [-0.15, -0.1) is 0 Å². The molecule has 0 heterocycles. The van der Waals surface area contributed by atoms with E-state index in [1.807, 2.05) is 0 Å². The highest BCUT2D eigenvalue weighted by Gasteiger charge is 2.37. The van der Waals surface area contributed by atoms with Crippen molar-refractivity contribution < 1.29 is 9.47 Å². The average molecular weight is 271 g/mol. The Morgan fingerprint density at radius 1 is 1.37 bits per heavy atom. The lowest BCUT2D eigenvalue weighted by molar-refractivity contribution is -0.132. The molecule has 19 heavy (non-hydrogen) atoms. The van der Waals surface area contributed by atoms with Crippen LogP contribution in [0.3, 0.4) is 0 Å². The molecule has 1 N–H and O–H groups in total. The minimum absolute atomic E-state index is 0.0110. The van der Waals surface area contributed by atoms with Crippen LogP contribution in [0.1, 0.15) is 60.3 Å².